The smallest absolute Gasteiger partial charge is 0.407 e. The maximum Gasteiger partial charge on any atom is 0.407 e. The molecule has 0 radical (unpaired) electrons. The van der Waals surface area contributed by atoms with Crippen molar-refractivity contribution < 1.29 is 9.53 Å². The van der Waals surface area contributed by atoms with Crippen molar-refractivity contribution in [1.29, 1.82) is 0 Å². The van der Waals surface area contributed by atoms with Crippen LogP contribution in [0.5, 0.6) is 0 Å². The van der Waals surface area contributed by atoms with Crippen LogP contribution in [-0.4, -0.2) is 19.2 Å². The zero-order chi connectivity index (χ0) is 20.9. The second-order valence-electron chi connectivity index (χ2n) is 7.22. The first kappa shape index (κ1) is 20.0. The molecular formula is C25H23ClN2O2. The first-order chi connectivity index (χ1) is 14.6. The minimum absolute atomic E-state index is 0.0655. The fourth-order valence-electron chi connectivity index (χ4n) is 3.80. The van der Waals surface area contributed by atoms with Crippen molar-refractivity contribution in [3.05, 3.63) is 94.5 Å². The number of hydrogen-bond acceptors (Lipinski definition) is 3. The molecule has 3 aromatic rings. The number of ether oxygens (including phenoxy) is 1. The van der Waals surface area contributed by atoms with Crippen LogP contribution in [-0.2, 0) is 4.74 Å². The van der Waals surface area contributed by atoms with Gasteiger partial charge in [0.25, 0.3) is 0 Å². The molecule has 0 aromatic heterocycles. The number of hydrogen-bond donors (Lipinski definition) is 2. The quantitative estimate of drug-likeness (QED) is 0.389. The van der Waals surface area contributed by atoms with Gasteiger partial charge in [0.2, 0.25) is 0 Å². The zero-order valence-electron chi connectivity index (χ0n) is 16.5. The highest BCUT2D eigenvalue weighted by atomic mass is 35.5. The minimum Gasteiger partial charge on any atom is -0.449 e. The summed E-state index contributed by atoms with van der Waals surface area (Å²) in [4.78, 5) is 12.2. The van der Waals surface area contributed by atoms with Crippen LogP contribution < -0.4 is 11.1 Å². The lowest BCUT2D eigenvalue weighted by Crippen LogP contribution is -2.26. The molecule has 3 N–H and O–H groups in total. The monoisotopic (exact) mass is 418 g/mol. The Morgan fingerprint density at radius 1 is 1.03 bits per heavy atom. The highest BCUT2D eigenvalue weighted by molar-refractivity contribution is 6.32. The van der Waals surface area contributed by atoms with Crippen LogP contribution in [0.4, 0.5) is 10.5 Å². The molecule has 0 spiro atoms. The third-order valence-corrected chi connectivity index (χ3v) is 5.57. The molecular weight excluding hydrogens is 396 g/mol. The number of rotatable bonds is 6. The van der Waals surface area contributed by atoms with Gasteiger partial charge in [0, 0.05) is 23.2 Å². The third kappa shape index (κ3) is 4.34. The summed E-state index contributed by atoms with van der Waals surface area (Å²) >= 11 is 6.15. The molecule has 0 saturated heterocycles. The number of nitrogens with two attached hydrogens (primary N) is 1. The van der Waals surface area contributed by atoms with E-state index >= 15 is 0 Å². The van der Waals surface area contributed by atoms with Crippen molar-refractivity contribution in [3.8, 4) is 11.1 Å². The molecule has 0 bridgehead atoms. The van der Waals surface area contributed by atoms with Crippen molar-refractivity contribution in [1.82, 2.24) is 5.32 Å². The van der Waals surface area contributed by atoms with Crippen LogP contribution in [0.3, 0.4) is 0 Å². The lowest BCUT2D eigenvalue weighted by atomic mass is 9.98. The Labute approximate surface area is 181 Å². The topological polar surface area (TPSA) is 64.3 Å². The standard InChI is InChI=1S/C25H23ClN2O2/c26-24-15-18(27)13-12-17(24)7-5-6-14-28-25(29)30-16-23-21-10-3-1-8-19(21)20-9-2-4-11-22(20)23/h1-5,7-13,15,23H,6,14,16,27H2,(H,28,29). The predicted octanol–water partition coefficient (Wildman–Crippen LogP) is 5.86. The molecule has 0 saturated carbocycles. The molecule has 3 aromatic carbocycles. The van der Waals surface area contributed by atoms with E-state index in [1.807, 2.05) is 42.5 Å². The number of nitrogen functional groups attached to an aromatic ring is 1. The molecule has 4 rings (SSSR count). The lowest BCUT2D eigenvalue weighted by molar-refractivity contribution is 0.143. The molecule has 30 heavy (non-hydrogen) atoms. The minimum atomic E-state index is -0.407. The molecule has 1 amide bonds. The fraction of sp³-hybridized carbons (Fsp3) is 0.160. The first-order valence-electron chi connectivity index (χ1n) is 9.94. The van der Waals surface area contributed by atoms with Gasteiger partial charge in [-0.05, 0) is 46.4 Å². The Hall–Kier alpha value is -3.24. The summed E-state index contributed by atoms with van der Waals surface area (Å²) in [5.74, 6) is 0.0655. The van der Waals surface area contributed by atoms with Crippen molar-refractivity contribution >= 4 is 29.5 Å². The maximum atomic E-state index is 12.2. The largest absolute Gasteiger partial charge is 0.449 e. The molecule has 1 aliphatic rings. The summed E-state index contributed by atoms with van der Waals surface area (Å²) < 4.78 is 5.53. The van der Waals surface area contributed by atoms with Crippen molar-refractivity contribution in [3.63, 3.8) is 0 Å². The molecule has 0 heterocycles. The average Bonchev–Trinajstić information content (AvgIpc) is 3.07. The van der Waals surface area contributed by atoms with Gasteiger partial charge in [-0.15, -0.1) is 0 Å². The highest BCUT2D eigenvalue weighted by Crippen LogP contribution is 2.44. The summed E-state index contributed by atoms with van der Waals surface area (Å²) in [6, 6.07) is 22.0. The van der Waals surface area contributed by atoms with E-state index < -0.39 is 6.09 Å². The van der Waals surface area contributed by atoms with Crippen LogP contribution >= 0.6 is 11.6 Å². The van der Waals surface area contributed by atoms with Gasteiger partial charge >= 0.3 is 6.09 Å². The van der Waals surface area contributed by atoms with Crippen LogP contribution in [0.2, 0.25) is 5.02 Å². The van der Waals surface area contributed by atoms with E-state index in [0.29, 0.717) is 30.3 Å². The summed E-state index contributed by atoms with van der Waals surface area (Å²) in [7, 11) is 0. The van der Waals surface area contributed by atoms with Gasteiger partial charge in [0.15, 0.2) is 0 Å². The molecule has 1 aliphatic carbocycles. The van der Waals surface area contributed by atoms with Crippen LogP contribution in [0.25, 0.3) is 17.2 Å². The number of halogens is 1. The molecule has 5 heteroatoms. The van der Waals surface area contributed by atoms with E-state index in [4.69, 9.17) is 22.1 Å². The Morgan fingerprint density at radius 2 is 1.70 bits per heavy atom. The Kier molecular flexibility index (Phi) is 6.05. The molecule has 152 valence electrons. The molecule has 0 aliphatic heterocycles. The number of anilines is 1. The van der Waals surface area contributed by atoms with Crippen LogP contribution in [0, 0.1) is 0 Å². The number of nitrogens with one attached hydrogen (secondary N) is 1. The van der Waals surface area contributed by atoms with E-state index in [1.54, 1.807) is 12.1 Å². The second kappa shape index (κ2) is 9.06. The Balaban J connectivity index is 1.28. The van der Waals surface area contributed by atoms with Gasteiger partial charge in [0.05, 0.1) is 0 Å². The van der Waals surface area contributed by atoms with Gasteiger partial charge in [0.1, 0.15) is 6.61 Å². The first-order valence-corrected chi connectivity index (χ1v) is 10.3. The maximum absolute atomic E-state index is 12.2. The normalized spacial score (nSPS) is 12.6. The van der Waals surface area contributed by atoms with Gasteiger partial charge in [-0.2, -0.15) is 0 Å². The summed E-state index contributed by atoms with van der Waals surface area (Å²) in [5.41, 5.74) is 12.1. The second-order valence-corrected chi connectivity index (χ2v) is 7.63. The van der Waals surface area contributed by atoms with Gasteiger partial charge < -0.3 is 15.8 Å². The number of carbonyl (C=O) groups is 1. The summed E-state index contributed by atoms with van der Waals surface area (Å²) in [6.45, 7) is 0.802. The van der Waals surface area contributed by atoms with Crippen LogP contribution in [0.1, 0.15) is 29.0 Å². The zero-order valence-corrected chi connectivity index (χ0v) is 17.2. The Bertz CT molecular complexity index is 1050. The SMILES string of the molecule is Nc1ccc(C=CCCNC(=O)OCC2c3ccccc3-c3ccccc32)c(Cl)c1. The number of fused-ring (bicyclic) bond motifs is 3. The number of amides is 1. The van der Waals surface area contributed by atoms with Crippen molar-refractivity contribution in [2.24, 2.45) is 0 Å². The van der Waals surface area contributed by atoms with E-state index in [0.717, 1.165) is 5.56 Å². The van der Waals surface area contributed by atoms with E-state index in [2.05, 4.69) is 29.6 Å². The Morgan fingerprint density at radius 3 is 2.37 bits per heavy atom. The average molecular weight is 419 g/mol. The van der Waals surface area contributed by atoms with Gasteiger partial charge in [-0.3, -0.25) is 0 Å². The van der Waals surface area contributed by atoms with Gasteiger partial charge in [-0.1, -0.05) is 78.4 Å². The summed E-state index contributed by atoms with van der Waals surface area (Å²) in [6.07, 6.45) is 4.14. The predicted molar refractivity (Wildman–Crippen MR) is 123 cm³/mol. The van der Waals surface area contributed by atoms with E-state index in [-0.39, 0.29) is 5.92 Å². The molecule has 0 unspecified atom stereocenters. The van der Waals surface area contributed by atoms with E-state index in [1.165, 1.54) is 22.3 Å². The van der Waals surface area contributed by atoms with Crippen molar-refractivity contribution in [2.75, 3.05) is 18.9 Å². The fourth-order valence-corrected chi connectivity index (χ4v) is 4.05. The number of alkyl carbamates (subject to hydrolysis) is 1. The number of carbonyl (C=O) groups excluding carboxylic acids is 1. The lowest BCUT2D eigenvalue weighted by Gasteiger charge is -2.14. The third-order valence-electron chi connectivity index (χ3n) is 5.25. The van der Waals surface area contributed by atoms with E-state index in [9.17, 15) is 4.79 Å². The molecule has 0 atom stereocenters. The van der Waals surface area contributed by atoms with Crippen LogP contribution in [0.15, 0.2) is 72.8 Å². The molecule has 0 fully saturated rings. The molecule has 4 nitrogen and oxygen atoms in total. The van der Waals surface area contributed by atoms with Gasteiger partial charge in [-0.25, -0.2) is 4.79 Å². The highest BCUT2D eigenvalue weighted by Gasteiger charge is 2.28. The number of benzene rings is 3. The van der Waals surface area contributed by atoms with Crippen molar-refractivity contribution in [2.45, 2.75) is 12.3 Å². The summed E-state index contributed by atoms with van der Waals surface area (Å²) in [5, 5.41) is 3.41.